The van der Waals surface area contributed by atoms with Gasteiger partial charge in [0.25, 0.3) is 0 Å². The Morgan fingerprint density at radius 1 is 1.20 bits per heavy atom. The van der Waals surface area contributed by atoms with Crippen LogP contribution in [0.2, 0.25) is 0 Å². The van der Waals surface area contributed by atoms with Crippen LogP contribution in [0.3, 0.4) is 0 Å². The van der Waals surface area contributed by atoms with E-state index in [1.54, 1.807) is 29.8 Å². The zero-order valence-corrected chi connectivity index (χ0v) is 11.4. The topological polar surface area (TPSA) is 62.7 Å². The molecule has 0 fully saturated rings. The molecule has 2 N–H and O–H groups in total. The molecule has 0 atom stereocenters. The van der Waals surface area contributed by atoms with E-state index in [4.69, 9.17) is 5.73 Å². The number of hydrogen-bond donors (Lipinski definition) is 1. The molecule has 0 aliphatic rings. The van der Waals surface area contributed by atoms with Crippen molar-refractivity contribution in [2.24, 2.45) is 5.73 Å². The standard InChI is InChI=1S/C16H11N3S/c17-8-13(11-4-3-7-19-9-11)16(18)14-10-20-15-6-2-1-5-12(14)15/h1-7,9-10H,18H2/b16-13-. The molecule has 4 heteroatoms. The number of thiophene rings is 1. The van der Waals surface area contributed by atoms with Crippen LogP contribution in [0.25, 0.3) is 21.4 Å². The fourth-order valence-corrected chi connectivity index (χ4v) is 3.07. The van der Waals surface area contributed by atoms with E-state index < -0.39 is 0 Å². The van der Waals surface area contributed by atoms with E-state index in [1.807, 2.05) is 35.7 Å². The predicted molar refractivity (Wildman–Crippen MR) is 82.7 cm³/mol. The monoisotopic (exact) mass is 277 g/mol. The lowest BCUT2D eigenvalue weighted by Crippen LogP contribution is -2.00. The Hall–Kier alpha value is -2.64. The molecule has 20 heavy (non-hydrogen) atoms. The highest BCUT2D eigenvalue weighted by Crippen LogP contribution is 2.32. The van der Waals surface area contributed by atoms with Crippen LogP contribution < -0.4 is 5.73 Å². The number of nitriles is 1. The van der Waals surface area contributed by atoms with Gasteiger partial charge in [0, 0.05) is 39.0 Å². The van der Waals surface area contributed by atoms with Crippen molar-refractivity contribution in [1.82, 2.24) is 4.98 Å². The number of nitrogens with two attached hydrogens (primary N) is 1. The molecule has 0 spiro atoms. The zero-order chi connectivity index (χ0) is 13.9. The molecule has 0 amide bonds. The molecule has 0 saturated heterocycles. The first-order valence-corrected chi connectivity index (χ1v) is 6.96. The van der Waals surface area contributed by atoms with E-state index in [-0.39, 0.29) is 0 Å². The normalized spacial score (nSPS) is 11.9. The highest BCUT2D eigenvalue weighted by Gasteiger charge is 2.12. The van der Waals surface area contributed by atoms with Crippen molar-refractivity contribution in [2.75, 3.05) is 0 Å². The number of hydrogen-bond acceptors (Lipinski definition) is 4. The highest BCUT2D eigenvalue weighted by molar-refractivity contribution is 7.17. The van der Waals surface area contributed by atoms with Gasteiger partial charge in [-0.15, -0.1) is 11.3 Å². The second-order valence-corrected chi connectivity index (χ2v) is 5.20. The Kier molecular flexibility index (Phi) is 3.20. The lowest BCUT2D eigenvalue weighted by molar-refractivity contribution is 1.31. The van der Waals surface area contributed by atoms with E-state index >= 15 is 0 Å². The average Bonchev–Trinajstić information content (AvgIpc) is 2.93. The van der Waals surface area contributed by atoms with Gasteiger partial charge in [-0.2, -0.15) is 5.26 Å². The first-order chi connectivity index (χ1) is 9.81. The van der Waals surface area contributed by atoms with E-state index in [0.29, 0.717) is 11.3 Å². The van der Waals surface area contributed by atoms with Gasteiger partial charge in [0.2, 0.25) is 0 Å². The third-order valence-electron chi connectivity index (χ3n) is 3.10. The van der Waals surface area contributed by atoms with Crippen molar-refractivity contribution >= 4 is 32.7 Å². The van der Waals surface area contributed by atoms with Crippen LogP contribution in [0.5, 0.6) is 0 Å². The van der Waals surface area contributed by atoms with Crippen LogP contribution in [-0.2, 0) is 0 Å². The molecule has 0 aliphatic heterocycles. The van der Waals surface area contributed by atoms with Crippen LogP contribution in [0.1, 0.15) is 11.1 Å². The van der Waals surface area contributed by atoms with Crippen LogP contribution >= 0.6 is 11.3 Å². The summed E-state index contributed by atoms with van der Waals surface area (Å²) in [5, 5.41) is 12.5. The maximum atomic E-state index is 9.41. The Morgan fingerprint density at radius 3 is 2.80 bits per heavy atom. The van der Waals surface area contributed by atoms with Gasteiger partial charge in [-0.3, -0.25) is 4.98 Å². The highest BCUT2D eigenvalue weighted by atomic mass is 32.1. The molecular weight excluding hydrogens is 266 g/mol. The minimum Gasteiger partial charge on any atom is -0.397 e. The Morgan fingerprint density at radius 2 is 2.05 bits per heavy atom. The second kappa shape index (κ2) is 5.16. The van der Waals surface area contributed by atoms with Crippen LogP contribution in [0.15, 0.2) is 54.2 Å². The zero-order valence-electron chi connectivity index (χ0n) is 10.6. The summed E-state index contributed by atoms with van der Waals surface area (Å²) in [5.41, 5.74) is 8.83. The average molecular weight is 277 g/mol. The largest absolute Gasteiger partial charge is 0.397 e. The van der Waals surface area contributed by atoms with E-state index in [0.717, 1.165) is 21.2 Å². The van der Waals surface area contributed by atoms with E-state index in [9.17, 15) is 5.26 Å². The number of pyridine rings is 1. The Bertz CT molecular complexity index is 826. The van der Waals surface area contributed by atoms with Crippen molar-refractivity contribution in [3.63, 3.8) is 0 Å². The first-order valence-electron chi connectivity index (χ1n) is 6.08. The summed E-state index contributed by atoms with van der Waals surface area (Å²) >= 11 is 1.63. The minimum atomic E-state index is 0.460. The van der Waals surface area contributed by atoms with Crippen molar-refractivity contribution in [3.05, 3.63) is 65.3 Å². The van der Waals surface area contributed by atoms with Gasteiger partial charge in [-0.05, 0) is 12.1 Å². The van der Waals surface area contributed by atoms with Crippen molar-refractivity contribution in [3.8, 4) is 6.07 Å². The van der Waals surface area contributed by atoms with E-state index in [2.05, 4.69) is 11.1 Å². The minimum absolute atomic E-state index is 0.460. The summed E-state index contributed by atoms with van der Waals surface area (Å²) < 4.78 is 1.16. The first kappa shape index (κ1) is 12.4. The molecule has 2 heterocycles. The molecule has 0 radical (unpaired) electrons. The lowest BCUT2D eigenvalue weighted by Gasteiger charge is -2.05. The van der Waals surface area contributed by atoms with Gasteiger partial charge in [0.05, 0.1) is 11.3 Å². The molecule has 2 aromatic heterocycles. The van der Waals surface area contributed by atoms with Crippen LogP contribution in [0.4, 0.5) is 0 Å². The third kappa shape index (κ3) is 2.04. The summed E-state index contributed by atoms with van der Waals surface area (Å²) in [6, 6.07) is 13.9. The number of nitrogens with zero attached hydrogens (tertiary/aromatic N) is 2. The Labute approximate surface area is 120 Å². The Balaban J connectivity index is 2.22. The fourth-order valence-electron chi connectivity index (χ4n) is 2.11. The SMILES string of the molecule is N#C/C(=C(/N)c1csc2ccccc12)c1cccnc1. The van der Waals surface area contributed by atoms with Gasteiger partial charge in [0.1, 0.15) is 6.07 Å². The van der Waals surface area contributed by atoms with Crippen molar-refractivity contribution in [2.45, 2.75) is 0 Å². The van der Waals surface area contributed by atoms with Crippen molar-refractivity contribution < 1.29 is 0 Å². The number of allylic oxidation sites excluding steroid dienone is 1. The lowest BCUT2D eigenvalue weighted by atomic mass is 10.0. The molecule has 0 saturated carbocycles. The van der Waals surface area contributed by atoms with E-state index in [1.165, 1.54) is 0 Å². The van der Waals surface area contributed by atoms with Gasteiger partial charge in [0.15, 0.2) is 0 Å². The fraction of sp³-hybridized carbons (Fsp3) is 0. The maximum absolute atomic E-state index is 9.41. The summed E-state index contributed by atoms with van der Waals surface area (Å²) in [6.07, 6.45) is 3.33. The molecule has 0 bridgehead atoms. The maximum Gasteiger partial charge on any atom is 0.102 e. The van der Waals surface area contributed by atoms with Gasteiger partial charge >= 0.3 is 0 Å². The summed E-state index contributed by atoms with van der Waals surface area (Å²) in [4.78, 5) is 4.04. The summed E-state index contributed by atoms with van der Waals surface area (Å²) in [7, 11) is 0. The molecule has 1 aromatic carbocycles. The predicted octanol–water partition coefficient (Wildman–Crippen LogP) is 3.65. The number of fused-ring (bicyclic) bond motifs is 1. The molecule has 0 unspecified atom stereocenters. The molecular formula is C16H11N3S. The van der Waals surface area contributed by atoms with Crippen LogP contribution in [-0.4, -0.2) is 4.98 Å². The smallest absolute Gasteiger partial charge is 0.102 e. The second-order valence-electron chi connectivity index (χ2n) is 4.29. The summed E-state index contributed by atoms with van der Waals surface area (Å²) in [6.45, 7) is 0. The third-order valence-corrected chi connectivity index (χ3v) is 4.07. The summed E-state index contributed by atoms with van der Waals surface area (Å²) in [5.74, 6) is 0. The molecule has 0 aliphatic carbocycles. The number of benzene rings is 1. The van der Waals surface area contributed by atoms with Gasteiger partial charge in [-0.25, -0.2) is 0 Å². The van der Waals surface area contributed by atoms with Gasteiger partial charge in [-0.1, -0.05) is 24.3 Å². The molecule has 3 aromatic rings. The molecule has 3 nitrogen and oxygen atoms in total. The van der Waals surface area contributed by atoms with Gasteiger partial charge < -0.3 is 5.73 Å². The van der Waals surface area contributed by atoms with Crippen molar-refractivity contribution in [1.29, 1.82) is 5.26 Å². The number of rotatable bonds is 2. The molecule has 3 rings (SSSR count). The quantitative estimate of drug-likeness (QED) is 0.727. The molecule has 96 valence electrons. The number of aromatic nitrogens is 1. The van der Waals surface area contributed by atoms with Crippen LogP contribution in [0, 0.1) is 11.3 Å².